The van der Waals surface area contributed by atoms with Crippen LogP contribution in [0.25, 0.3) is 0 Å². The number of rotatable bonds is 8. The minimum atomic E-state index is -4.11. The normalized spacial score (nSPS) is 13.8. The molecule has 116 valence electrons. The van der Waals surface area contributed by atoms with Crippen LogP contribution < -0.4 is 0 Å². The summed E-state index contributed by atoms with van der Waals surface area (Å²) in [5.74, 6) is 0. The van der Waals surface area contributed by atoms with E-state index >= 15 is 0 Å². The second kappa shape index (κ2) is 7.72. The van der Waals surface area contributed by atoms with Gasteiger partial charge in [-0.15, -0.1) is 0 Å². The summed E-state index contributed by atoms with van der Waals surface area (Å²) in [6, 6.07) is 0. The van der Waals surface area contributed by atoms with Gasteiger partial charge in [0.2, 0.25) is 0 Å². The van der Waals surface area contributed by atoms with Gasteiger partial charge in [-0.2, -0.15) is 0 Å². The Bertz CT molecular complexity index is 266. The zero-order chi connectivity index (χ0) is 15.2. The highest BCUT2D eigenvalue weighted by Crippen LogP contribution is 2.43. The average molecular weight is 298 g/mol. The molecule has 0 radical (unpaired) electrons. The quantitative estimate of drug-likeness (QED) is 0.421. The second-order valence-electron chi connectivity index (χ2n) is 6.78. The summed E-state index contributed by atoms with van der Waals surface area (Å²) in [4.78, 5) is 9.32. The maximum absolute atomic E-state index is 11.4. The van der Waals surface area contributed by atoms with Crippen molar-refractivity contribution in [3.63, 3.8) is 0 Å². The molecule has 0 unspecified atom stereocenters. The summed E-state index contributed by atoms with van der Waals surface area (Å²) in [5.41, 5.74) is -0.0566. The lowest BCUT2D eigenvalue weighted by molar-refractivity contribution is -0.0623. The fraction of sp³-hybridized carbons (Fsp3) is 1.00. The van der Waals surface area contributed by atoms with E-state index in [1.165, 1.54) is 0 Å². The van der Waals surface area contributed by atoms with E-state index < -0.39 is 7.82 Å². The molecule has 0 aromatic carbocycles. The van der Waals surface area contributed by atoms with Crippen molar-refractivity contribution in [1.82, 2.24) is 0 Å². The molecule has 6 nitrogen and oxygen atoms in total. The van der Waals surface area contributed by atoms with Crippen molar-refractivity contribution < 1.29 is 28.0 Å². The monoisotopic (exact) mass is 298 g/mol. The van der Waals surface area contributed by atoms with Crippen LogP contribution in [0, 0.1) is 10.8 Å². The van der Waals surface area contributed by atoms with Gasteiger partial charge in [-0.3, -0.25) is 9.05 Å². The number of ether oxygens (including phenoxy) is 2. The van der Waals surface area contributed by atoms with Gasteiger partial charge < -0.3 is 14.4 Å². The Balaban J connectivity index is 3.72. The first kappa shape index (κ1) is 19.0. The lowest BCUT2D eigenvalue weighted by Gasteiger charge is -2.20. The van der Waals surface area contributed by atoms with Crippen LogP contribution in [-0.2, 0) is 23.1 Å². The van der Waals surface area contributed by atoms with Crippen molar-refractivity contribution in [2.75, 3.05) is 26.8 Å². The van der Waals surface area contributed by atoms with Gasteiger partial charge in [0.05, 0.1) is 13.2 Å². The Hall–Kier alpha value is 0.0300. The first-order valence-electron chi connectivity index (χ1n) is 6.19. The number of hydrogen-bond donors (Lipinski definition) is 1. The molecule has 1 N–H and O–H groups in total. The fourth-order valence-electron chi connectivity index (χ4n) is 0.941. The van der Waals surface area contributed by atoms with Crippen LogP contribution in [0.3, 0.4) is 0 Å². The summed E-state index contributed by atoms with van der Waals surface area (Å²) in [6.07, 6.45) is 0. The molecule has 0 spiro atoms. The summed E-state index contributed by atoms with van der Waals surface area (Å²) in [6.45, 7) is 12.2. The molecule has 0 heterocycles. The van der Waals surface area contributed by atoms with Crippen LogP contribution in [0.1, 0.15) is 41.5 Å². The predicted molar refractivity (Wildman–Crippen MR) is 72.5 cm³/mol. The lowest BCUT2D eigenvalue weighted by Crippen LogP contribution is -2.17. The van der Waals surface area contributed by atoms with Crippen molar-refractivity contribution >= 4 is 7.82 Å². The molecule has 0 aliphatic heterocycles. The topological polar surface area (TPSA) is 74.2 Å². The number of phosphoric acid groups is 1. The molecule has 0 aromatic heterocycles. The highest BCUT2D eigenvalue weighted by molar-refractivity contribution is 7.47. The zero-order valence-corrected chi connectivity index (χ0v) is 13.7. The minimum absolute atomic E-state index is 0.0283. The highest BCUT2D eigenvalue weighted by atomic mass is 31.2. The van der Waals surface area contributed by atoms with Gasteiger partial charge in [0, 0.05) is 0 Å². The van der Waals surface area contributed by atoms with E-state index in [1.807, 2.05) is 41.5 Å². The van der Waals surface area contributed by atoms with E-state index in [4.69, 9.17) is 9.47 Å². The van der Waals surface area contributed by atoms with E-state index in [0.29, 0.717) is 13.2 Å². The molecule has 0 saturated heterocycles. The van der Waals surface area contributed by atoms with Crippen molar-refractivity contribution in [3.05, 3.63) is 0 Å². The Morgan fingerprint density at radius 3 is 1.42 bits per heavy atom. The molecule has 0 aromatic rings. The molecule has 0 fully saturated rings. The third-order valence-electron chi connectivity index (χ3n) is 1.67. The van der Waals surface area contributed by atoms with Crippen molar-refractivity contribution in [2.24, 2.45) is 10.8 Å². The van der Waals surface area contributed by atoms with Gasteiger partial charge in [-0.05, 0) is 10.8 Å². The van der Waals surface area contributed by atoms with Gasteiger partial charge >= 0.3 is 7.82 Å². The first-order valence-corrected chi connectivity index (χ1v) is 7.68. The van der Waals surface area contributed by atoms with Crippen LogP contribution in [-0.4, -0.2) is 31.7 Å². The van der Waals surface area contributed by atoms with Gasteiger partial charge in [-0.25, -0.2) is 4.57 Å². The van der Waals surface area contributed by atoms with E-state index in [-0.39, 0.29) is 24.4 Å². The van der Waals surface area contributed by atoms with Crippen LogP contribution in [0.5, 0.6) is 0 Å². The second-order valence-corrected chi connectivity index (χ2v) is 8.23. The third kappa shape index (κ3) is 14.3. The molecular weight excluding hydrogens is 271 g/mol. The van der Waals surface area contributed by atoms with E-state index in [9.17, 15) is 9.46 Å². The maximum atomic E-state index is 11.4. The molecule has 0 amide bonds. The minimum Gasteiger partial charge on any atom is -0.354 e. The van der Waals surface area contributed by atoms with Crippen LogP contribution in [0.4, 0.5) is 0 Å². The standard InChI is InChI=1S/C12H27O6P/c1-11(2,3)7-15-9-17-19(13,14)18-10-16-8-12(4,5)6/h7-10H2,1-6H3,(H,13,14). The number of hydrogen-bond acceptors (Lipinski definition) is 5. The SMILES string of the molecule is CC(C)(C)COCOP(=O)(O)OCOCC(C)(C)C. The average Bonchev–Trinajstić information content (AvgIpc) is 2.17. The van der Waals surface area contributed by atoms with Gasteiger partial charge in [0.25, 0.3) is 0 Å². The molecule has 0 rings (SSSR count). The van der Waals surface area contributed by atoms with Crippen LogP contribution >= 0.6 is 7.82 Å². The third-order valence-corrected chi connectivity index (χ3v) is 2.53. The molecule has 0 saturated carbocycles. The molecule has 0 aliphatic carbocycles. The Morgan fingerprint density at radius 2 is 1.16 bits per heavy atom. The van der Waals surface area contributed by atoms with Gasteiger partial charge in [0.1, 0.15) is 0 Å². The van der Waals surface area contributed by atoms with Crippen LogP contribution in [0.15, 0.2) is 0 Å². The molecule has 0 aliphatic rings. The summed E-state index contributed by atoms with van der Waals surface area (Å²) in [5, 5.41) is 0. The molecular formula is C12H27O6P. The summed E-state index contributed by atoms with van der Waals surface area (Å²) >= 11 is 0. The smallest absolute Gasteiger partial charge is 0.354 e. The van der Waals surface area contributed by atoms with Crippen LogP contribution in [0.2, 0.25) is 0 Å². The van der Waals surface area contributed by atoms with Gasteiger partial charge in [0.15, 0.2) is 13.6 Å². The van der Waals surface area contributed by atoms with E-state index in [1.54, 1.807) is 0 Å². The van der Waals surface area contributed by atoms with E-state index in [2.05, 4.69) is 9.05 Å². The predicted octanol–water partition coefficient (Wildman–Crippen LogP) is 3.16. The summed E-state index contributed by atoms with van der Waals surface area (Å²) in [7, 11) is -4.11. The lowest BCUT2D eigenvalue weighted by atomic mass is 9.99. The van der Waals surface area contributed by atoms with Crippen molar-refractivity contribution in [2.45, 2.75) is 41.5 Å². The van der Waals surface area contributed by atoms with Crippen molar-refractivity contribution in [1.29, 1.82) is 0 Å². The molecule has 0 bridgehead atoms. The largest absolute Gasteiger partial charge is 0.476 e. The fourth-order valence-corrected chi connectivity index (χ4v) is 1.43. The Morgan fingerprint density at radius 1 is 0.842 bits per heavy atom. The van der Waals surface area contributed by atoms with E-state index in [0.717, 1.165) is 0 Å². The molecule has 7 heteroatoms. The maximum Gasteiger partial charge on any atom is 0.476 e. The zero-order valence-electron chi connectivity index (χ0n) is 12.8. The first-order chi connectivity index (χ1) is 8.41. The van der Waals surface area contributed by atoms with Gasteiger partial charge in [-0.1, -0.05) is 41.5 Å². The highest BCUT2D eigenvalue weighted by Gasteiger charge is 2.22. The molecule has 19 heavy (non-hydrogen) atoms. The Kier molecular flexibility index (Phi) is 7.73. The number of phosphoric ester groups is 1. The Labute approximate surface area is 116 Å². The van der Waals surface area contributed by atoms with Crippen molar-refractivity contribution in [3.8, 4) is 0 Å². The molecule has 0 atom stereocenters. The summed E-state index contributed by atoms with van der Waals surface area (Å²) < 4.78 is 30.9.